The molecule has 3 rings (SSSR count). The second-order valence-electron chi connectivity index (χ2n) is 6.21. The van der Waals surface area contributed by atoms with Crippen LogP contribution in [0.25, 0.3) is 0 Å². The van der Waals surface area contributed by atoms with Crippen molar-refractivity contribution in [1.82, 2.24) is 10.2 Å². The molecule has 1 aliphatic carbocycles. The van der Waals surface area contributed by atoms with E-state index in [1.807, 2.05) is 11.8 Å². The Kier molecular flexibility index (Phi) is 4.10. The van der Waals surface area contributed by atoms with Crippen molar-refractivity contribution in [2.24, 2.45) is 17.8 Å². The normalized spacial score (nSPS) is 36.1. The van der Waals surface area contributed by atoms with E-state index in [0.29, 0.717) is 24.9 Å². The molecule has 20 heavy (non-hydrogen) atoms. The average Bonchev–Trinajstić information content (AvgIpc) is 3.10. The number of hydrogen-bond donors (Lipinski definition) is 2. The fourth-order valence-electron chi connectivity index (χ4n) is 3.91. The van der Waals surface area contributed by atoms with Gasteiger partial charge < -0.3 is 15.3 Å². The third kappa shape index (κ3) is 2.62. The van der Waals surface area contributed by atoms with Gasteiger partial charge in [-0.1, -0.05) is 6.42 Å². The van der Waals surface area contributed by atoms with Gasteiger partial charge in [0.25, 0.3) is 0 Å². The molecule has 0 radical (unpaired) electrons. The molecule has 4 atom stereocenters. The molecule has 2 amide bonds. The molecule has 3 fully saturated rings. The molecule has 2 saturated heterocycles. The van der Waals surface area contributed by atoms with Crippen LogP contribution in [0.2, 0.25) is 0 Å². The molecule has 0 aromatic rings. The number of thioether (sulfide) groups is 1. The first kappa shape index (κ1) is 14.0. The predicted molar refractivity (Wildman–Crippen MR) is 77.8 cm³/mol. The summed E-state index contributed by atoms with van der Waals surface area (Å²) in [6.45, 7) is 1.30. The number of hydrogen-bond acceptors (Lipinski definition) is 3. The minimum atomic E-state index is -0.842. The Morgan fingerprint density at radius 3 is 2.85 bits per heavy atom. The molecule has 0 aromatic carbocycles. The van der Waals surface area contributed by atoms with Gasteiger partial charge in [-0.15, -0.1) is 0 Å². The minimum Gasteiger partial charge on any atom is -0.480 e. The van der Waals surface area contributed by atoms with Crippen LogP contribution in [0.3, 0.4) is 0 Å². The SMILES string of the molecule is O=C(O)C1C2CCCC2CN1C(=O)NCC1CCSC1. The maximum atomic E-state index is 12.3. The summed E-state index contributed by atoms with van der Waals surface area (Å²) in [5.74, 6) is 2.55. The quantitative estimate of drug-likeness (QED) is 0.831. The molecule has 0 bridgehead atoms. The van der Waals surface area contributed by atoms with Gasteiger partial charge in [0.2, 0.25) is 0 Å². The smallest absolute Gasteiger partial charge is 0.326 e. The van der Waals surface area contributed by atoms with Gasteiger partial charge in [0, 0.05) is 13.1 Å². The highest BCUT2D eigenvalue weighted by molar-refractivity contribution is 7.99. The Labute approximate surface area is 123 Å². The van der Waals surface area contributed by atoms with Gasteiger partial charge in [0.1, 0.15) is 6.04 Å². The van der Waals surface area contributed by atoms with E-state index in [1.165, 1.54) is 5.75 Å². The fraction of sp³-hybridized carbons (Fsp3) is 0.857. The number of carboxylic acids is 1. The third-order valence-electron chi connectivity index (χ3n) is 4.97. The number of fused-ring (bicyclic) bond motifs is 1. The van der Waals surface area contributed by atoms with Crippen LogP contribution in [0, 0.1) is 17.8 Å². The van der Waals surface area contributed by atoms with Crippen molar-refractivity contribution in [1.29, 1.82) is 0 Å². The van der Waals surface area contributed by atoms with Crippen LogP contribution in [0.1, 0.15) is 25.7 Å². The van der Waals surface area contributed by atoms with Crippen molar-refractivity contribution in [2.45, 2.75) is 31.7 Å². The standard InChI is InChI=1S/C14H22N2O3S/c17-13(18)12-11-3-1-2-10(11)7-16(12)14(19)15-6-9-4-5-20-8-9/h9-12H,1-8H2,(H,15,19)(H,17,18). The highest BCUT2D eigenvalue weighted by atomic mass is 32.2. The number of carbonyl (C=O) groups is 2. The maximum Gasteiger partial charge on any atom is 0.326 e. The summed E-state index contributed by atoms with van der Waals surface area (Å²) >= 11 is 1.93. The van der Waals surface area contributed by atoms with E-state index in [-0.39, 0.29) is 11.9 Å². The Morgan fingerprint density at radius 1 is 1.30 bits per heavy atom. The van der Waals surface area contributed by atoms with Crippen molar-refractivity contribution in [3.05, 3.63) is 0 Å². The minimum absolute atomic E-state index is 0.167. The summed E-state index contributed by atoms with van der Waals surface area (Å²) in [5, 5.41) is 12.4. The van der Waals surface area contributed by atoms with Crippen LogP contribution < -0.4 is 5.32 Å². The number of amides is 2. The first-order chi connectivity index (χ1) is 9.66. The predicted octanol–water partition coefficient (Wildman–Crippen LogP) is 1.63. The topological polar surface area (TPSA) is 69.6 Å². The Balaban J connectivity index is 1.59. The monoisotopic (exact) mass is 298 g/mol. The van der Waals surface area contributed by atoms with Crippen LogP contribution in [-0.4, -0.2) is 52.6 Å². The zero-order valence-corrected chi connectivity index (χ0v) is 12.4. The van der Waals surface area contributed by atoms with Gasteiger partial charge in [-0.2, -0.15) is 11.8 Å². The number of aliphatic carboxylic acids is 1. The molecule has 2 heterocycles. The summed E-state index contributed by atoms with van der Waals surface area (Å²) in [4.78, 5) is 25.4. The number of nitrogens with zero attached hydrogens (tertiary/aromatic N) is 1. The van der Waals surface area contributed by atoms with Crippen LogP contribution in [-0.2, 0) is 4.79 Å². The first-order valence-electron chi connectivity index (χ1n) is 7.52. The maximum absolute atomic E-state index is 12.3. The van der Waals surface area contributed by atoms with E-state index in [9.17, 15) is 14.7 Å². The molecule has 6 heteroatoms. The van der Waals surface area contributed by atoms with Gasteiger partial charge in [-0.25, -0.2) is 9.59 Å². The van der Waals surface area contributed by atoms with E-state index >= 15 is 0 Å². The zero-order valence-electron chi connectivity index (χ0n) is 11.6. The Morgan fingerprint density at radius 2 is 2.15 bits per heavy atom. The fourth-order valence-corrected chi connectivity index (χ4v) is 5.19. The lowest BCUT2D eigenvalue weighted by molar-refractivity contribution is -0.142. The molecule has 2 aliphatic heterocycles. The Hall–Kier alpha value is -0.910. The molecule has 0 spiro atoms. The largest absolute Gasteiger partial charge is 0.480 e. The zero-order chi connectivity index (χ0) is 14.1. The molecule has 4 unspecified atom stereocenters. The van der Waals surface area contributed by atoms with Gasteiger partial charge in [0.15, 0.2) is 0 Å². The lowest BCUT2D eigenvalue weighted by Crippen LogP contribution is -2.48. The van der Waals surface area contributed by atoms with Gasteiger partial charge >= 0.3 is 12.0 Å². The number of urea groups is 1. The second-order valence-corrected chi connectivity index (χ2v) is 7.36. The van der Waals surface area contributed by atoms with E-state index < -0.39 is 12.0 Å². The molecule has 0 aromatic heterocycles. The van der Waals surface area contributed by atoms with Crippen molar-refractivity contribution in [3.63, 3.8) is 0 Å². The van der Waals surface area contributed by atoms with Gasteiger partial charge in [0.05, 0.1) is 0 Å². The summed E-state index contributed by atoms with van der Waals surface area (Å²) in [5.41, 5.74) is 0. The summed E-state index contributed by atoms with van der Waals surface area (Å²) in [6.07, 6.45) is 4.27. The van der Waals surface area contributed by atoms with Crippen molar-refractivity contribution < 1.29 is 14.7 Å². The van der Waals surface area contributed by atoms with E-state index in [4.69, 9.17) is 0 Å². The third-order valence-corrected chi connectivity index (χ3v) is 6.20. The molecule has 112 valence electrons. The number of carboxylic acid groups (broad SMARTS) is 1. The molecular weight excluding hydrogens is 276 g/mol. The van der Waals surface area contributed by atoms with Crippen LogP contribution >= 0.6 is 11.8 Å². The number of carbonyl (C=O) groups excluding carboxylic acids is 1. The van der Waals surface area contributed by atoms with Gasteiger partial charge in [-0.05, 0) is 48.5 Å². The first-order valence-corrected chi connectivity index (χ1v) is 8.67. The lowest BCUT2D eigenvalue weighted by atomic mass is 9.94. The summed E-state index contributed by atoms with van der Waals surface area (Å²) in [6, 6.07) is -0.788. The van der Waals surface area contributed by atoms with Crippen molar-refractivity contribution >= 4 is 23.8 Å². The summed E-state index contributed by atoms with van der Waals surface area (Å²) in [7, 11) is 0. The highest BCUT2D eigenvalue weighted by Gasteiger charge is 2.49. The molecule has 3 aliphatic rings. The number of rotatable bonds is 3. The van der Waals surface area contributed by atoms with Crippen molar-refractivity contribution in [3.8, 4) is 0 Å². The molecular formula is C14H22N2O3S. The molecule has 2 N–H and O–H groups in total. The number of nitrogens with one attached hydrogen (secondary N) is 1. The Bertz CT molecular complexity index is 398. The van der Waals surface area contributed by atoms with E-state index in [2.05, 4.69) is 5.32 Å². The molecule has 1 saturated carbocycles. The van der Waals surface area contributed by atoms with E-state index in [0.717, 1.165) is 31.4 Å². The average molecular weight is 298 g/mol. The van der Waals surface area contributed by atoms with Crippen LogP contribution in [0.4, 0.5) is 4.79 Å². The van der Waals surface area contributed by atoms with E-state index in [1.54, 1.807) is 4.90 Å². The lowest BCUT2D eigenvalue weighted by Gasteiger charge is -2.25. The second kappa shape index (κ2) is 5.84. The molecule has 5 nitrogen and oxygen atoms in total. The highest BCUT2D eigenvalue weighted by Crippen LogP contribution is 2.42. The summed E-state index contributed by atoms with van der Waals surface area (Å²) < 4.78 is 0. The van der Waals surface area contributed by atoms with Crippen molar-refractivity contribution in [2.75, 3.05) is 24.6 Å². The van der Waals surface area contributed by atoms with Crippen LogP contribution in [0.15, 0.2) is 0 Å². The van der Waals surface area contributed by atoms with Crippen LogP contribution in [0.5, 0.6) is 0 Å². The number of likely N-dealkylation sites (tertiary alicyclic amines) is 1. The van der Waals surface area contributed by atoms with Gasteiger partial charge in [-0.3, -0.25) is 0 Å².